The molecule has 2 aliphatic carbocycles. The summed E-state index contributed by atoms with van der Waals surface area (Å²) in [5, 5.41) is 0. The number of hydrogen-bond acceptors (Lipinski definition) is 3. The Bertz CT molecular complexity index is 501. The largest absolute Gasteiger partial charge is 0.325 e. The summed E-state index contributed by atoms with van der Waals surface area (Å²) in [6.45, 7) is 0. The summed E-state index contributed by atoms with van der Waals surface area (Å²) >= 11 is 0. The van der Waals surface area contributed by atoms with Gasteiger partial charge in [0.15, 0.2) is 5.78 Å². The molecule has 2 unspecified atom stereocenters. The van der Waals surface area contributed by atoms with Crippen LogP contribution in [-0.4, -0.2) is 16.3 Å². The summed E-state index contributed by atoms with van der Waals surface area (Å²) in [6, 6.07) is 2.77. The molecule has 1 aromatic heterocycles. The zero-order valence-electron chi connectivity index (χ0n) is 11.0. The van der Waals surface area contributed by atoms with Crippen LogP contribution in [0.25, 0.3) is 0 Å². The number of halogens is 1. The minimum absolute atomic E-state index is 0.0196. The zero-order chi connectivity index (χ0) is 13.5. The van der Waals surface area contributed by atoms with Gasteiger partial charge in [0.1, 0.15) is 11.5 Å². The van der Waals surface area contributed by atoms with E-state index in [1.807, 2.05) is 0 Å². The van der Waals surface area contributed by atoms with Crippen LogP contribution in [0.5, 0.6) is 0 Å². The monoisotopic (exact) mass is 262 g/mol. The third kappa shape index (κ3) is 2.41. The van der Waals surface area contributed by atoms with Crippen molar-refractivity contribution in [3.63, 3.8) is 0 Å². The number of hydrogen-bond donors (Lipinski definition) is 1. The first-order chi connectivity index (χ1) is 9.00. The maximum Gasteiger partial charge on any atom is 0.181 e. The Morgan fingerprint density at radius 1 is 1.32 bits per heavy atom. The molecule has 2 atom stereocenters. The van der Waals surface area contributed by atoms with Gasteiger partial charge in [-0.3, -0.25) is 9.78 Å². The fourth-order valence-corrected chi connectivity index (χ4v) is 3.89. The SMILES string of the molecule is NC12CCCC(CC(=O)c3ccc(F)cn3)(CC1)C2. The first-order valence-electron chi connectivity index (χ1n) is 6.94. The average molecular weight is 262 g/mol. The van der Waals surface area contributed by atoms with E-state index in [4.69, 9.17) is 5.73 Å². The lowest BCUT2D eigenvalue weighted by molar-refractivity contribution is 0.0866. The smallest absolute Gasteiger partial charge is 0.181 e. The standard InChI is InChI=1S/C15H19FN2O/c16-11-2-3-12(18-9-11)13(19)8-14-4-1-5-15(17,10-14)7-6-14/h2-3,9H,1,4-8,10,17H2. The molecular weight excluding hydrogens is 243 g/mol. The molecule has 0 saturated heterocycles. The third-order valence-corrected chi connectivity index (χ3v) is 4.81. The van der Waals surface area contributed by atoms with E-state index in [2.05, 4.69) is 4.98 Å². The molecular formula is C15H19FN2O. The molecule has 1 heterocycles. The van der Waals surface area contributed by atoms with Crippen LogP contribution in [0.4, 0.5) is 4.39 Å². The topological polar surface area (TPSA) is 56.0 Å². The van der Waals surface area contributed by atoms with Gasteiger partial charge >= 0.3 is 0 Å². The molecule has 0 radical (unpaired) electrons. The van der Waals surface area contributed by atoms with E-state index >= 15 is 0 Å². The average Bonchev–Trinajstić information content (AvgIpc) is 2.60. The number of aromatic nitrogens is 1. The molecule has 0 aromatic carbocycles. The molecule has 102 valence electrons. The van der Waals surface area contributed by atoms with Crippen molar-refractivity contribution in [1.82, 2.24) is 4.98 Å². The molecule has 2 saturated carbocycles. The predicted octanol–water partition coefficient (Wildman–Crippen LogP) is 2.85. The highest BCUT2D eigenvalue weighted by molar-refractivity contribution is 5.94. The molecule has 19 heavy (non-hydrogen) atoms. The molecule has 1 aromatic rings. The molecule has 4 heteroatoms. The molecule has 2 fully saturated rings. The van der Waals surface area contributed by atoms with Gasteiger partial charge < -0.3 is 5.73 Å². The van der Waals surface area contributed by atoms with Gasteiger partial charge in [0, 0.05) is 12.0 Å². The number of rotatable bonds is 3. The van der Waals surface area contributed by atoms with E-state index in [0.717, 1.165) is 44.7 Å². The second-order valence-corrected chi connectivity index (χ2v) is 6.35. The van der Waals surface area contributed by atoms with Gasteiger partial charge in [-0.05, 0) is 49.7 Å². The van der Waals surface area contributed by atoms with Crippen molar-refractivity contribution in [3.8, 4) is 0 Å². The maximum absolute atomic E-state index is 12.8. The number of Topliss-reactive ketones (excluding diaryl/α,β-unsaturated/α-hetero) is 1. The Kier molecular flexibility index (Phi) is 2.93. The van der Waals surface area contributed by atoms with Gasteiger partial charge in [0.25, 0.3) is 0 Å². The van der Waals surface area contributed by atoms with Crippen molar-refractivity contribution in [2.45, 2.75) is 50.5 Å². The van der Waals surface area contributed by atoms with Crippen LogP contribution in [0.1, 0.15) is 55.4 Å². The minimum atomic E-state index is -0.408. The number of carbonyl (C=O) groups excluding carboxylic acids is 1. The van der Waals surface area contributed by atoms with Crippen LogP contribution in [0.2, 0.25) is 0 Å². The first kappa shape index (κ1) is 12.7. The second kappa shape index (κ2) is 4.37. The number of ketones is 1. The minimum Gasteiger partial charge on any atom is -0.325 e. The van der Waals surface area contributed by atoms with E-state index in [1.165, 1.54) is 12.1 Å². The third-order valence-electron chi connectivity index (χ3n) is 4.81. The van der Waals surface area contributed by atoms with Crippen molar-refractivity contribution in [2.75, 3.05) is 0 Å². The van der Waals surface area contributed by atoms with Crippen LogP contribution >= 0.6 is 0 Å². The summed E-state index contributed by atoms with van der Waals surface area (Å²) < 4.78 is 12.8. The zero-order valence-corrected chi connectivity index (χ0v) is 11.0. The lowest BCUT2D eigenvalue weighted by atomic mass is 9.70. The fraction of sp³-hybridized carbons (Fsp3) is 0.600. The number of fused-ring (bicyclic) bond motifs is 2. The van der Waals surface area contributed by atoms with Crippen LogP contribution in [-0.2, 0) is 0 Å². The lowest BCUT2D eigenvalue weighted by Gasteiger charge is -2.37. The van der Waals surface area contributed by atoms with Crippen LogP contribution in [0, 0.1) is 11.2 Å². The highest BCUT2D eigenvalue weighted by atomic mass is 19.1. The van der Waals surface area contributed by atoms with E-state index in [0.29, 0.717) is 12.1 Å². The Balaban J connectivity index is 1.74. The Labute approximate surface area is 112 Å². The summed E-state index contributed by atoms with van der Waals surface area (Å²) in [7, 11) is 0. The van der Waals surface area contributed by atoms with Crippen molar-refractivity contribution in [2.24, 2.45) is 11.1 Å². The number of nitrogens with two attached hydrogens (primary N) is 1. The lowest BCUT2D eigenvalue weighted by Crippen LogP contribution is -2.41. The fourth-order valence-electron chi connectivity index (χ4n) is 3.89. The van der Waals surface area contributed by atoms with Gasteiger partial charge in [-0.2, -0.15) is 0 Å². The van der Waals surface area contributed by atoms with E-state index in [9.17, 15) is 9.18 Å². The Morgan fingerprint density at radius 3 is 2.89 bits per heavy atom. The molecule has 2 N–H and O–H groups in total. The van der Waals surface area contributed by atoms with E-state index in [-0.39, 0.29) is 16.7 Å². The van der Waals surface area contributed by atoms with Crippen LogP contribution < -0.4 is 5.73 Å². The number of nitrogens with zero attached hydrogens (tertiary/aromatic N) is 1. The Hall–Kier alpha value is -1.29. The molecule has 2 aliphatic rings. The van der Waals surface area contributed by atoms with Crippen molar-refractivity contribution >= 4 is 5.78 Å². The van der Waals surface area contributed by atoms with Crippen LogP contribution in [0.15, 0.2) is 18.3 Å². The van der Waals surface area contributed by atoms with Gasteiger partial charge in [-0.15, -0.1) is 0 Å². The van der Waals surface area contributed by atoms with Crippen molar-refractivity contribution in [3.05, 3.63) is 29.8 Å². The summed E-state index contributed by atoms with van der Waals surface area (Å²) in [5.41, 5.74) is 6.74. The summed E-state index contributed by atoms with van der Waals surface area (Å²) in [4.78, 5) is 16.2. The normalized spacial score (nSPS) is 33.4. The molecule has 3 nitrogen and oxygen atoms in total. The van der Waals surface area contributed by atoms with Gasteiger partial charge in [-0.1, -0.05) is 6.42 Å². The van der Waals surface area contributed by atoms with Gasteiger partial charge in [-0.25, -0.2) is 4.39 Å². The van der Waals surface area contributed by atoms with Gasteiger partial charge in [0.2, 0.25) is 0 Å². The number of pyridine rings is 1. The Morgan fingerprint density at radius 2 is 2.16 bits per heavy atom. The highest BCUT2D eigenvalue weighted by Crippen LogP contribution is 2.54. The predicted molar refractivity (Wildman–Crippen MR) is 70.2 cm³/mol. The highest BCUT2D eigenvalue weighted by Gasteiger charge is 2.49. The van der Waals surface area contributed by atoms with Crippen LogP contribution in [0.3, 0.4) is 0 Å². The maximum atomic E-state index is 12.8. The van der Waals surface area contributed by atoms with Crippen molar-refractivity contribution in [1.29, 1.82) is 0 Å². The van der Waals surface area contributed by atoms with Gasteiger partial charge in [0.05, 0.1) is 6.20 Å². The molecule has 0 amide bonds. The van der Waals surface area contributed by atoms with E-state index in [1.54, 1.807) is 0 Å². The molecule has 2 bridgehead atoms. The van der Waals surface area contributed by atoms with E-state index < -0.39 is 5.82 Å². The summed E-state index contributed by atoms with van der Waals surface area (Å²) in [6.07, 6.45) is 7.90. The number of carbonyl (C=O) groups is 1. The summed E-state index contributed by atoms with van der Waals surface area (Å²) in [5.74, 6) is -0.389. The molecule has 0 spiro atoms. The quantitative estimate of drug-likeness (QED) is 0.852. The molecule has 3 rings (SSSR count). The van der Waals surface area contributed by atoms with Crippen molar-refractivity contribution < 1.29 is 9.18 Å². The molecule has 0 aliphatic heterocycles. The second-order valence-electron chi connectivity index (χ2n) is 6.35. The first-order valence-corrected chi connectivity index (χ1v) is 6.94.